The summed E-state index contributed by atoms with van der Waals surface area (Å²) in [6.45, 7) is 7.41. The fourth-order valence-corrected chi connectivity index (χ4v) is 3.48. The van der Waals surface area contributed by atoms with E-state index in [9.17, 15) is 9.18 Å². The Hall–Kier alpha value is -1.57. The lowest BCUT2D eigenvalue weighted by Crippen LogP contribution is -2.48. The van der Waals surface area contributed by atoms with Crippen molar-refractivity contribution in [3.8, 4) is 0 Å². The number of piperazine rings is 1. The zero-order chi connectivity index (χ0) is 15.5. The van der Waals surface area contributed by atoms with E-state index < -0.39 is 0 Å². The van der Waals surface area contributed by atoms with Gasteiger partial charge < -0.3 is 10.2 Å². The monoisotopic (exact) mass is 322 g/mol. The average molecular weight is 322 g/mol. The van der Waals surface area contributed by atoms with Crippen molar-refractivity contribution < 1.29 is 9.18 Å². The number of likely N-dealkylation sites (N-methyl/N-ethyl adjacent to an activating group) is 1. The van der Waals surface area contributed by atoms with Gasteiger partial charge in [-0.2, -0.15) is 0 Å². The first-order valence-corrected chi connectivity index (χ1v) is 8.26. The van der Waals surface area contributed by atoms with Crippen molar-refractivity contribution >= 4 is 32.6 Å². The number of nitrogens with one attached hydrogen (secondary N) is 1. The third-order valence-electron chi connectivity index (χ3n) is 3.88. The zero-order valence-corrected chi connectivity index (χ0v) is 13.3. The molecule has 2 heterocycles. The van der Waals surface area contributed by atoms with Gasteiger partial charge in [-0.05, 0) is 24.7 Å². The topological polar surface area (TPSA) is 48.5 Å². The van der Waals surface area contributed by atoms with Crippen molar-refractivity contribution in [3.63, 3.8) is 0 Å². The van der Waals surface area contributed by atoms with E-state index in [1.807, 2.05) is 0 Å². The second kappa shape index (κ2) is 6.68. The predicted molar refractivity (Wildman–Crippen MR) is 86.8 cm³/mol. The maximum absolute atomic E-state index is 13.2. The Morgan fingerprint density at radius 1 is 1.32 bits per heavy atom. The lowest BCUT2D eigenvalue weighted by molar-refractivity contribution is -0.117. The first-order chi connectivity index (χ1) is 10.6. The molecule has 1 N–H and O–H groups in total. The maximum atomic E-state index is 13.2. The normalized spacial score (nSPS) is 17.0. The minimum Gasteiger partial charge on any atom is -0.301 e. The van der Waals surface area contributed by atoms with Crippen LogP contribution in [0.4, 0.5) is 9.52 Å². The number of carbonyl (C=O) groups excluding carboxylic acids is 1. The van der Waals surface area contributed by atoms with Crippen molar-refractivity contribution in [1.29, 1.82) is 0 Å². The molecule has 5 nitrogen and oxygen atoms in total. The van der Waals surface area contributed by atoms with Crippen molar-refractivity contribution in [2.45, 2.75) is 6.92 Å². The second-order valence-corrected chi connectivity index (χ2v) is 6.42. The number of thiazole rings is 1. The summed E-state index contributed by atoms with van der Waals surface area (Å²) in [6.07, 6.45) is 0. The number of amides is 1. The molecule has 0 unspecified atom stereocenters. The summed E-state index contributed by atoms with van der Waals surface area (Å²) in [5.74, 6) is -0.354. The Morgan fingerprint density at radius 3 is 2.77 bits per heavy atom. The summed E-state index contributed by atoms with van der Waals surface area (Å²) in [4.78, 5) is 20.9. The number of nitrogens with zero attached hydrogens (tertiary/aromatic N) is 3. The minimum absolute atomic E-state index is 0.0653. The number of fused-ring (bicyclic) bond motifs is 1. The van der Waals surface area contributed by atoms with Gasteiger partial charge in [0.15, 0.2) is 5.13 Å². The van der Waals surface area contributed by atoms with E-state index in [0.717, 1.165) is 37.4 Å². The van der Waals surface area contributed by atoms with Crippen LogP contribution in [-0.4, -0.2) is 60.0 Å². The number of carbonyl (C=O) groups is 1. The highest BCUT2D eigenvalue weighted by Crippen LogP contribution is 2.26. The molecule has 0 atom stereocenters. The number of hydrogen-bond donors (Lipinski definition) is 1. The van der Waals surface area contributed by atoms with Crippen molar-refractivity contribution in [2.24, 2.45) is 0 Å². The van der Waals surface area contributed by atoms with E-state index in [1.54, 1.807) is 6.07 Å². The van der Waals surface area contributed by atoms with Crippen molar-refractivity contribution in [2.75, 3.05) is 44.6 Å². The van der Waals surface area contributed by atoms with Gasteiger partial charge in [0.05, 0.1) is 16.8 Å². The molecule has 0 radical (unpaired) electrons. The van der Waals surface area contributed by atoms with E-state index in [0.29, 0.717) is 17.2 Å². The van der Waals surface area contributed by atoms with Crippen LogP contribution in [0.15, 0.2) is 18.2 Å². The number of halogens is 1. The van der Waals surface area contributed by atoms with Gasteiger partial charge in [0.25, 0.3) is 0 Å². The molecule has 0 spiro atoms. The standard InChI is InChI=1S/C15H19FN4OS/c1-2-19-5-7-20(8-6-19)10-14(21)18-15-17-12-4-3-11(16)9-13(12)22-15/h3-4,9H,2,5-8,10H2,1H3,(H,17,18,21). The van der Waals surface area contributed by atoms with E-state index in [-0.39, 0.29) is 11.7 Å². The molecule has 1 aliphatic rings. The Bertz CT molecular complexity index is 667. The summed E-state index contributed by atoms with van der Waals surface area (Å²) in [7, 11) is 0. The van der Waals surface area contributed by atoms with Gasteiger partial charge in [-0.3, -0.25) is 9.69 Å². The van der Waals surface area contributed by atoms with Crippen molar-refractivity contribution in [3.05, 3.63) is 24.0 Å². The van der Waals surface area contributed by atoms with Gasteiger partial charge in [0.2, 0.25) is 5.91 Å². The van der Waals surface area contributed by atoms with Crippen LogP contribution in [0.1, 0.15) is 6.92 Å². The molecular weight excluding hydrogens is 303 g/mol. The van der Waals surface area contributed by atoms with Gasteiger partial charge in [0.1, 0.15) is 5.82 Å². The number of anilines is 1. The summed E-state index contributed by atoms with van der Waals surface area (Å²) in [5, 5.41) is 3.34. The molecule has 3 rings (SSSR count). The van der Waals surface area contributed by atoms with Gasteiger partial charge in [-0.15, -0.1) is 0 Å². The quantitative estimate of drug-likeness (QED) is 0.935. The van der Waals surface area contributed by atoms with Gasteiger partial charge in [0, 0.05) is 26.2 Å². The lowest BCUT2D eigenvalue weighted by Gasteiger charge is -2.33. The van der Waals surface area contributed by atoms with E-state index in [4.69, 9.17) is 0 Å². The molecule has 1 aromatic heterocycles. The number of benzene rings is 1. The molecule has 1 fully saturated rings. The highest BCUT2D eigenvalue weighted by atomic mass is 32.1. The van der Waals surface area contributed by atoms with Gasteiger partial charge in [-0.25, -0.2) is 9.37 Å². The number of rotatable bonds is 4. The zero-order valence-electron chi connectivity index (χ0n) is 12.5. The van der Waals surface area contributed by atoms with Crippen LogP contribution in [0.5, 0.6) is 0 Å². The Morgan fingerprint density at radius 2 is 2.05 bits per heavy atom. The van der Waals surface area contributed by atoms with Crippen LogP contribution in [0.3, 0.4) is 0 Å². The van der Waals surface area contributed by atoms with Gasteiger partial charge in [-0.1, -0.05) is 18.3 Å². The second-order valence-electron chi connectivity index (χ2n) is 5.39. The average Bonchev–Trinajstić information content (AvgIpc) is 2.89. The largest absolute Gasteiger partial charge is 0.301 e. The molecule has 22 heavy (non-hydrogen) atoms. The molecular formula is C15H19FN4OS. The lowest BCUT2D eigenvalue weighted by atomic mass is 10.3. The molecule has 2 aromatic rings. The maximum Gasteiger partial charge on any atom is 0.240 e. The molecule has 0 saturated carbocycles. The van der Waals surface area contributed by atoms with Gasteiger partial charge >= 0.3 is 0 Å². The Balaban J connectivity index is 1.56. The summed E-state index contributed by atoms with van der Waals surface area (Å²) >= 11 is 1.30. The third kappa shape index (κ3) is 3.60. The number of aromatic nitrogens is 1. The summed E-state index contributed by atoms with van der Waals surface area (Å²) in [5.41, 5.74) is 0.707. The van der Waals surface area contributed by atoms with Crippen molar-refractivity contribution in [1.82, 2.24) is 14.8 Å². The predicted octanol–water partition coefficient (Wildman–Crippen LogP) is 2.01. The highest BCUT2D eigenvalue weighted by Gasteiger charge is 2.18. The summed E-state index contributed by atoms with van der Waals surface area (Å²) < 4.78 is 13.9. The van der Waals surface area contributed by atoms with Crippen LogP contribution in [0.2, 0.25) is 0 Å². The SMILES string of the molecule is CCN1CCN(CC(=O)Nc2nc3ccc(F)cc3s2)CC1. The molecule has 7 heteroatoms. The van der Waals surface area contributed by atoms with Crippen LogP contribution in [0.25, 0.3) is 10.2 Å². The highest BCUT2D eigenvalue weighted by molar-refractivity contribution is 7.22. The molecule has 0 aliphatic carbocycles. The van der Waals surface area contributed by atoms with E-state index in [2.05, 4.69) is 27.0 Å². The summed E-state index contributed by atoms with van der Waals surface area (Å²) in [6, 6.07) is 4.44. The molecule has 1 aliphatic heterocycles. The molecule has 1 amide bonds. The molecule has 118 valence electrons. The minimum atomic E-state index is -0.289. The Kier molecular flexibility index (Phi) is 4.66. The Labute approximate surface area is 132 Å². The molecule has 0 bridgehead atoms. The number of hydrogen-bond acceptors (Lipinski definition) is 5. The van der Waals surface area contributed by atoms with Crippen LogP contribution in [0, 0.1) is 5.82 Å². The molecule has 1 aromatic carbocycles. The van der Waals surface area contributed by atoms with Crippen LogP contribution < -0.4 is 5.32 Å². The molecule has 1 saturated heterocycles. The van der Waals surface area contributed by atoms with Crippen LogP contribution >= 0.6 is 11.3 Å². The first-order valence-electron chi connectivity index (χ1n) is 7.44. The third-order valence-corrected chi connectivity index (χ3v) is 4.81. The van der Waals surface area contributed by atoms with E-state index in [1.165, 1.54) is 23.5 Å². The van der Waals surface area contributed by atoms with E-state index >= 15 is 0 Å². The van der Waals surface area contributed by atoms with Crippen LogP contribution in [-0.2, 0) is 4.79 Å². The smallest absolute Gasteiger partial charge is 0.240 e. The first kappa shape index (κ1) is 15.3. The fraction of sp³-hybridized carbons (Fsp3) is 0.467. The fourth-order valence-electron chi connectivity index (χ4n) is 2.58.